The summed E-state index contributed by atoms with van der Waals surface area (Å²) in [5.41, 5.74) is -0.0816. The molecule has 13 heteroatoms. The molecule has 154 valence electrons. The number of nitro groups is 1. The molecule has 0 aliphatic heterocycles. The first-order valence-electron chi connectivity index (χ1n) is 8.01. The molecular weight excluding hydrogens is 411 g/mol. The number of hydrogen-bond donors (Lipinski definition) is 2. The summed E-state index contributed by atoms with van der Waals surface area (Å²) in [4.78, 5) is 33.4. The molecule has 30 heavy (non-hydrogen) atoms. The number of anilines is 2. The lowest BCUT2D eigenvalue weighted by atomic mass is 10.2. The maximum absolute atomic E-state index is 12.3. The molecule has 0 radical (unpaired) electrons. The zero-order valence-corrected chi connectivity index (χ0v) is 14.6. The number of alkyl halides is 3. The van der Waals surface area contributed by atoms with Crippen LogP contribution in [-0.4, -0.2) is 33.1 Å². The Bertz CT molecular complexity index is 1110. The van der Waals surface area contributed by atoms with Crippen molar-refractivity contribution in [2.75, 3.05) is 10.6 Å². The molecule has 0 unspecified atom stereocenters. The van der Waals surface area contributed by atoms with Crippen molar-refractivity contribution >= 4 is 29.2 Å². The number of nitro benzene ring substituents is 1. The van der Waals surface area contributed by atoms with Crippen molar-refractivity contribution in [3.05, 3.63) is 64.2 Å². The summed E-state index contributed by atoms with van der Waals surface area (Å²) in [6.07, 6.45) is -5.07. The van der Waals surface area contributed by atoms with E-state index in [1.165, 1.54) is 42.5 Å². The standard InChI is InChI=1S/C17H10F3N5O5/c18-17(19,20)15(27)21-11-3-1-2-10(8-11)13(26)22-16-24-23-14(30-16)9-4-6-12(7-5-9)25(28)29/h1-8H,(H,21,27)(H,22,24,26). The number of hydrogen-bond acceptors (Lipinski definition) is 7. The van der Waals surface area contributed by atoms with E-state index in [0.29, 0.717) is 5.56 Å². The summed E-state index contributed by atoms with van der Waals surface area (Å²) in [5, 5.41) is 21.9. The van der Waals surface area contributed by atoms with Crippen LogP contribution in [-0.2, 0) is 4.79 Å². The molecule has 3 aromatic rings. The molecular formula is C17H10F3N5O5. The first kappa shape index (κ1) is 20.4. The number of rotatable bonds is 5. The second-order valence-electron chi connectivity index (χ2n) is 5.70. The van der Waals surface area contributed by atoms with Gasteiger partial charge in [-0.25, -0.2) is 0 Å². The van der Waals surface area contributed by atoms with Gasteiger partial charge in [0.25, 0.3) is 11.6 Å². The van der Waals surface area contributed by atoms with E-state index in [-0.39, 0.29) is 28.8 Å². The van der Waals surface area contributed by atoms with E-state index in [2.05, 4.69) is 15.5 Å². The van der Waals surface area contributed by atoms with E-state index in [1.807, 2.05) is 0 Å². The molecule has 1 heterocycles. The van der Waals surface area contributed by atoms with Crippen LogP contribution in [0.1, 0.15) is 10.4 Å². The van der Waals surface area contributed by atoms with Crippen molar-refractivity contribution < 1.29 is 32.1 Å². The van der Waals surface area contributed by atoms with Crippen LogP contribution in [0, 0.1) is 10.1 Å². The zero-order chi connectivity index (χ0) is 21.9. The van der Waals surface area contributed by atoms with Gasteiger partial charge in [0.1, 0.15) is 0 Å². The highest BCUT2D eigenvalue weighted by Gasteiger charge is 2.38. The van der Waals surface area contributed by atoms with Gasteiger partial charge in [-0.15, -0.1) is 5.10 Å². The minimum absolute atomic E-state index is 0.0219. The summed E-state index contributed by atoms with van der Waals surface area (Å²) in [7, 11) is 0. The fourth-order valence-electron chi connectivity index (χ4n) is 2.23. The molecule has 2 aromatic carbocycles. The smallest absolute Gasteiger partial charge is 0.403 e. The Balaban J connectivity index is 1.70. The largest absolute Gasteiger partial charge is 0.471 e. The Kier molecular flexibility index (Phi) is 5.44. The first-order chi connectivity index (χ1) is 14.1. The predicted molar refractivity (Wildman–Crippen MR) is 95.5 cm³/mol. The Morgan fingerprint density at radius 1 is 1.03 bits per heavy atom. The molecule has 0 aliphatic carbocycles. The molecule has 0 saturated heterocycles. The van der Waals surface area contributed by atoms with Crippen LogP contribution in [0.3, 0.4) is 0 Å². The summed E-state index contributed by atoms with van der Waals surface area (Å²) in [5.74, 6) is -2.98. The van der Waals surface area contributed by atoms with Gasteiger partial charge in [0.2, 0.25) is 5.89 Å². The van der Waals surface area contributed by atoms with Crippen molar-refractivity contribution in [1.29, 1.82) is 0 Å². The maximum atomic E-state index is 12.3. The fraction of sp³-hybridized carbons (Fsp3) is 0.0588. The third-order valence-electron chi connectivity index (χ3n) is 3.61. The van der Waals surface area contributed by atoms with Gasteiger partial charge in [0, 0.05) is 28.9 Å². The van der Waals surface area contributed by atoms with Crippen molar-refractivity contribution in [1.82, 2.24) is 10.2 Å². The van der Waals surface area contributed by atoms with Crippen LogP contribution in [0.4, 0.5) is 30.6 Å². The molecule has 2 amide bonds. The predicted octanol–water partition coefficient (Wildman–Crippen LogP) is 3.40. The number of carbonyl (C=O) groups is 2. The Labute approximate surface area is 164 Å². The van der Waals surface area contributed by atoms with Crippen LogP contribution >= 0.6 is 0 Å². The number of amides is 2. The monoisotopic (exact) mass is 421 g/mol. The van der Waals surface area contributed by atoms with Crippen molar-refractivity contribution in [2.45, 2.75) is 6.18 Å². The average Bonchev–Trinajstić information content (AvgIpc) is 3.16. The number of non-ortho nitro benzene ring substituents is 1. The topological polar surface area (TPSA) is 140 Å². The second-order valence-corrected chi connectivity index (χ2v) is 5.70. The summed E-state index contributed by atoms with van der Waals surface area (Å²) < 4.78 is 42.3. The molecule has 0 bridgehead atoms. The van der Waals surface area contributed by atoms with Gasteiger partial charge >= 0.3 is 18.1 Å². The van der Waals surface area contributed by atoms with Gasteiger partial charge in [0.05, 0.1) is 4.92 Å². The Hall–Kier alpha value is -4.29. The molecule has 1 aromatic heterocycles. The summed E-state index contributed by atoms with van der Waals surface area (Å²) >= 11 is 0. The van der Waals surface area contributed by atoms with Gasteiger partial charge in [-0.1, -0.05) is 11.2 Å². The highest BCUT2D eigenvalue weighted by Crippen LogP contribution is 2.23. The van der Waals surface area contributed by atoms with Crippen LogP contribution in [0.15, 0.2) is 52.9 Å². The van der Waals surface area contributed by atoms with Gasteiger partial charge in [0.15, 0.2) is 0 Å². The molecule has 10 nitrogen and oxygen atoms in total. The van der Waals surface area contributed by atoms with Crippen LogP contribution in [0.25, 0.3) is 11.5 Å². The minimum atomic E-state index is -5.07. The second kappa shape index (κ2) is 7.98. The number of nitrogens with one attached hydrogen (secondary N) is 2. The first-order valence-corrected chi connectivity index (χ1v) is 8.01. The number of halogens is 3. The highest BCUT2D eigenvalue weighted by atomic mass is 19.4. The third-order valence-corrected chi connectivity index (χ3v) is 3.61. The molecule has 3 rings (SSSR count). The number of benzene rings is 2. The van der Waals surface area contributed by atoms with E-state index in [1.54, 1.807) is 5.32 Å². The van der Waals surface area contributed by atoms with Crippen molar-refractivity contribution in [2.24, 2.45) is 0 Å². The lowest BCUT2D eigenvalue weighted by Gasteiger charge is -2.09. The zero-order valence-electron chi connectivity index (χ0n) is 14.6. The quantitative estimate of drug-likeness (QED) is 0.475. The van der Waals surface area contributed by atoms with Crippen LogP contribution in [0.5, 0.6) is 0 Å². The third kappa shape index (κ3) is 4.76. The van der Waals surface area contributed by atoms with E-state index >= 15 is 0 Å². The van der Waals surface area contributed by atoms with E-state index in [0.717, 1.165) is 6.07 Å². The van der Waals surface area contributed by atoms with Crippen molar-refractivity contribution in [3.63, 3.8) is 0 Å². The summed E-state index contributed by atoms with van der Waals surface area (Å²) in [6.45, 7) is 0. The number of aromatic nitrogens is 2. The highest BCUT2D eigenvalue weighted by molar-refractivity contribution is 6.04. The Morgan fingerprint density at radius 2 is 1.73 bits per heavy atom. The van der Waals surface area contributed by atoms with Gasteiger partial charge in [-0.05, 0) is 30.3 Å². The van der Waals surface area contributed by atoms with E-state index < -0.39 is 22.9 Å². The van der Waals surface area contributed by atoms with Gasteiger partial charge in [-0.2, -0.15) is 13.2 Å². The number of carbonyl (C=O) groups excluding carboxylic acids is 2. The average molecular weight is 421 g/mol. The Morgan fingerprint density at radius 3 is 2.37 bits per heavy atom. The van der Waals surface area contributed by atoms with E-state index in [4.69, 9.17) is 4.42 Å². The lowest BCUT2D eigenvalue weighted by molar-refractivity contribution is -0.384. The molecule has 2 N–H and O–H groups in total. The normalized spacial score (nSPS) is 11.0. The van der Waals surface area contributed by atoms with Crippen LogP contribution < -0.4 is 10.6 Å². The maximum Gasteiger partial charge on any atom is 0.471 e. The molecule has 0 spiro atoms. The molecule has 0 saturated carbocycles. The van der Waals surface area contributed by atoms with E-state index in [9.17, 15) is 32.9 Å². The molecule has 0 fully saturated rings. The molecule has 0 aliphatic rings. The molecule has 0 atom stereocenters. The van der Waals surface area contributed by atoms with Crippen LogP contribution in [0.2, 0.25) is 0 Å². The van der Waals surface area contributed by atoms with Crippen molar-refractivity contribution in [3.8, 4) is 11.5 Å². The van der Waals surface area contributed by atoms with Gasteiger partial charge in [-0.3, -0.25) is 25.0 Å². The van der Waals surface area contributed by atoms with Gasteiger partial charge < -0.3 is 9.73 Å². The lowest BCUT2D eigenvalue weighted by Crippen LogP contribution is -2.30. The minimum Gasteiger partial charge on any atom is -0.403 e. The summed E-state index contributed by atoms with van der Waals surface area (Å²) in [6, 6.07) is 9.71. The number of nitrogens with zero attached hydrogens (tertiary/aromatic N) is 3. The fourth-order valence-corrected chi connectivity index (χ4v) is 2.23. The SMILES string of the molecule is O=C(Nc1nnc(-c2ccc([N+](=O)[O-])cc2)o1)c1cccc(NC(=O)C(F)(F)F)c1.